The predicted octanol–water partition coefficient (Wildman–Crippen LogP) is 3.25. The fourth-order valence-corrected chi connectivity index (χ4v) is 3.87. The number of pyridine rings is 1. The summed E-state index contributed by atoms with van der Waals surface area (Å²) in [4.78, 5) is 6.84. The number of methoxy groups -OCH3 is 2. The van der Waals surface area contributed by atoms with Crippen LogP contribution in [-0.2, 0) is 0 Å². The monoisotopic (exact) mass is 405 g/mol. The average molecular weight is 406 g/mol. The van der Waals surface area contributed by atoms with Crippen LogP contribution in [0.4, 0.5) is 0 Å². The molecule has 1 aliphatic rings. The number of rotatable bonds is 5. The number of nitrogens with zero attached hydrogens (tertiary/aromatic N) is 2. The number of aromatic nitrogens is 1. The molecule has 0 aliphatic carbocycles. The van der Waals surface area contributed by atoms with Crippen LogP contribution < -0.4 is 14.8 Å². The molecule has 0 saturated carbocycles. The van der Waals surface area contributed by atoms with Crippen LogP contribution >= 0.6 is 15.9 Å². The zero-order valence-corrected chi connectivity index (χ0v) is 16.3. The van der Waals surface area contributed by atoms with Crippen LogP contribution in [0.15, 0.2) is 41.1 Å². The van der Waals surface area contributed by atoms with Gasteiger partial charge in [-0.3, -0.25) is 9.88 Å². The van der Waals surface area contributed by atoms with Crippen molar-refractivity contribution < 1.29 is 9.47 Å². The van der Waals surface area contributed by atoms with E-state index in [9.17, 15) is 0 Å². The Hall–Kier alpha value is -1.63. The highest BCUT2D eigenvalue weighted by molar-refractivity contribution is 9.10. The van der Waals surface area contributed by atoms with Crippen molar-refractivity contribution in [3.8, 4) is 11.5 Å². The van der Waals surface area contributed by atoms with Gasteiger partial charge in [0.05, 0.1) is 20.3 Å². The molecule has 1 unspecified atom stereocenters. The first-order valence-electron chi connectivity index (χ1n) is 8.50. The standard InChI is InChI=1S/C19H24BrN3O2/c1-24-17-11-15(16(20)12-18(17)25-2)19(14-5-3-6-22-13-14)23-9-4-7-21-8-10-23/h3,5-6,11-13,19,21H,4,7-10H2,1-2H3. The van der Waals surface area contributed by atoms with Crippen molar-refractivity contribution in [1.29, 1.82) is 0 Å². The van der Waals surface area contributed by atoms with Crippen LogP contribution in [-0.4, -0.2) is 50.3 Å². The van der Waals surface area contributed by atoms with Crippen molar-refractivity contribution in [3.63, 3.8) is 0 Å². The molecule has 0 spiro atoms. The highest BCUT2D eigenvalue weighted by Gasteiger charge is 2.26. The topological polar surface area (TPSA) is 46.6 Å². The molecular weight excluding hydrogens is 382 g/mol. The third-order valence-corrected chi connectivity index (χ3v) is 5.22. The molecule has 1 saturated heterocycles. The second-order valence-electron chi connectivity index (χ2n) is 6.06. The maximum absolute atomic E-state index is 5.54. The Morgan fingerprint density at radius 3 is 2.68 bits per heavy atom. The third-order valence-electron chi connectivity index (χ3n) is 4.54. The van der Waals surface area contributed by atoms with Gasteiger partial charge in [-0.2, -0.15) is 0 Å². The average Bonchev–Trinajstić information content (AvgIpc) is 2.93. The van der Waals surface area contributed by atoms with Crippen LogP contribution in [0.5, 0.6) is 11.5 Å². The molecule has 134 valence electrons. The molecule has 5 nitrogen and oxygen atoms in total. The Kier molecular flexibility index (Phi) is 6.29. The maximum atomic E-state index is 5.54. The van der Waals surface area contributed by atoms with Gasteiger partial charge in [-0.25, -0.2) is 0 Å². The first kappa shape index (κ1) is 18.2. The number of hydrogen-bond donors (Lipinski definition) is 1. The molecule has 0 radical (unpaired) electrons. The van der Waals surface area contributed by atoms with Crippen molar-refractivity contribution in [3.05, 3.63) is 52.3 Å². The predicted molar refractivity (Wildman–Crippen MR) is 102 cm³/mol. The molecular formula is C19H24BrN3O2. The van der Waals surface area contributed by atoms with E-state index in [1.54, 1.807) is 14.2 Å². The number of ether oxygens (including phenoxy) is 2. The first-order chi connectivity index (χ1) is 12.2. The first-order valence-corrected chi connectivity index (χ1v) is 9.30. The molecule has 3 rings (SSSR count). The van der Waals surface area contributed by atoms with Crippen LogP contribution in [0.25, 0.3) is 0 Å². The highest BCUT2D eigenvalue weighted by Crippen LogP contribution is 2.40. The fourth-order valence-electron chi connectivity index (χ4n) is 3.33. The van der Waals surface area contributed by atoms with Crippen LogP contribution in [0.3, 0.4) is 0 Å². The number of nitrogens with one attached hydrogen (secondary N) is 1. The zero-order chi connectivity index (χ0) is 17.6. The van der Waals surface area contributed by atoms with Crippen molar-refractivity contribution >= 4 is 15.9 Å². The van der Waals surface area contributed by atoms with Crippen molar-refractivity contribution in [1.82, 2.24) is 15.2 Å². The van der Waals surface area contributed by atoms with Gasteiger partial charge in [0.1, 0.15) is 0 Å². The summed E-state index contributed by atoms with van der Waals surface area (Å²) in [6.45, 7) is 4.07. The molecule has 6 heteroatoms. The Balaban J connectivity index is 2.08. The lowest BCUT2D eigenvalue weighted by atomic mass is 9.97. The van der Waals surface area contributed by atoms with E-state index >= 15 is 0 Å². The normalized spacial score (nSPS) is 16.9. The van der Waals surface area contributed by atoms with Gasteiger partial charge < -0.3 is 14.8 Å². The molecule has 2 aromatic rings. The smallest absolute Gasteiger partial charge is 0.161 e. The van der Waals surface area contributed by atoms with E-state index in [-0.39, 0.29) is 6.04 Å². The third kappa shape index (κ3) is 4.14. The summed E-state index contributed by atoms with van der Waals surface area (Å²) in [5.41, 5.74) is 2.34. The summed E-state index contributed by atoms with van der Waals surface area (Å²) >= 11 is 3.74. The maximum Gasteiger partial charge on any atom is 0.161 e. The summed E-state index contributed by atoms with van der Waals surface area (Å²) < 4.78 is 12.0. The van der Waals surface area contributed by atoms with E-state index < -0.39 is 0 Å². The van der Waals surface area contributed by atoms with E-state index in [0.29, 0.717) is 0 Å². The minimum atomic E-state index is 0.114. The van der Waals surface area contributed by atoms with Gasteiger partial charge >= 0.3 is 0 Å². The van der Waals surface area contributed by atoms with E-state index in [4.69, 9.17) is 9.47 Å². The molecule has 1 aliphatic heterocycles. The lowest BCUT2D eigenvalue weighted by Gasteiger charge is -2.32. The van der Waals surface area contributed by atoms with Crippen molar-refractivity contribution in [2.45, 2.75) is 12.5 Å². The summed E-state index contributed by atoms with van der Waals surface area (Å²) in [6, 6.07) is 8.29. The van der Waals surface area contributed by atoms with Gasteiger partial charge in [-0.05, 0) is 42.3 Å². The summed E-state index contributed by atoms with van der Waals surface area (Å²) in [5, 5.41) is 3.48. The van der Waals surface area contributed by atoms with Crippen LogP contribution in [0.2, 0.25) is 0 Å². The number of benzene rings is 1. The Bertz CT molecular complexity index is 689. The Morgan fingerprint density at radius 2 is 1.96 bits per heavy atom. The Morgan fingerprint density at radius 1 is 1.16 bits per heavy atom. The van der Waals surface area contributed by atoms with Gasteiger partial charge in [0.15, 0.2) is 11.5 Å². The molecule has 1 fully saturated rings. The van der Waals surface area contributed by atoms with Gasteiger partial charge in [0, 0.05) is 36.5 Å². The molecule has 25 heavy (non-hydrogen) atoms. The van der Waals surface area contributed by atoms with Gasteiger partial charge in [-0.1, -0.05) is 22.0 Å². The quantitative estimate of drug-likeness (QED) is 0.826. The van der Waals surface area contributed by atoms with E-state index in [0.717, 1.165) is 54.1 Å². The van der Waals surface area contributed by atoms with Crippen molar-refractivity contribution in [2.24, 2.45) is 0 Å². The lowest BCUT2D eigenvalue weighted by Crippen LogP contribution is -2.33. The minimum absolute atomic E-state index is 0.114. The van der Waals surface area contributed by atoms with Crippen LogP contribution in [0, 0.1) is 0 Å². The molecule has 0 amide bonds. The van der Waals surface area contributed by atoms with E-state index in [1.807, 2.05) is 24.5 Å². The number of halogens is 1. The molecule has 1 atom stereocenters. The highest BCUT2D eigenvalue weighted by atomic mass is 79.9. The number of hydrogen-bond acceptors (Lipinski definition) is 5. The largest absolute Gasteiger partial charge is 0.493 e. The van der Waals surface area contributed by atoms with E-state index in [2.05, 4.69) is 43.3 Å². The second kappa shape index (κ2) is 8.65. The van der Waals surface area contributed by atoms with Crippen molar-refractivity contribution in [2.75, 3.05) is 40.4 Å². The molecule has 1 N–H and O–H groups in total. The van der Waals surface area contributed by atoms with Gasteiger partial charge in [0.25, 0.3) is 0 Å². The van der Waals surface area contributed by atoms with Crippen LogP contribution in [0.1, 0.15) is 23.6 Å². The Labute approximate surface area is 157 Å². The molecule has 1 aromatic carbocycles. The molecule has 1 aromatic heterocycles. The summed E-state index contributed by atoms with van der Waals surface area (Å²) in [7, 11) is 3.33. The molecule has 0 bridgehead atoms. The molecule has 2 heterocycles. The zero-order valence-electron chi connectivity index (χ0n) is 14.7. The van der Waals surface area contributed by atoms with E-state index in [1.165, 1.54) is 5.56 Å². The lowest BCUT2D eigenvalue weighted by molar-refractivity contribution is 0.239. The summed E-state index contributed by atoms with van der Waals surface area (Å²) in [5.74, 6) is 1.46. The minimum Gasteiger partial charge on any atom is -0.493 e. The van der Waals surface area contributed by atoms with Gasteiger partial charge in [0.2, 0.25) is 0 Å². The van der Waals surface area contributed by atoms with Gasteiger partial charge in [-0.15, -0.1) is 0 Å². The fraction of sp³-hybridized carbons (Fsp3) is 0.421. The SMILES string of the molecule is COc1cc(Br)c(C(c2cccnc2)N2CCCNCC2)cc1OC. The second-order valence-corrected chi connectivity index (χ2v) is 6.91. The summed E-state index contributed by atoms with van der Waals surface area (Å²) in [6.07, 6.45) is 4.89.